The lowest BCUT2D eigenvalue weighted by molar-refractivity contribution is 0.312. The maximum atomic E-state index is 4.74. The highest BCUT2D eigenvalue weighted by Gasteiger charge is 2.16. The highest BCUT2D eigenvalue weighted by molar-refractivity contribution is 5.44. The highest BCUT2D eigenvalue weighted by atomic mass is 15.3. The second kappa shape index (κ2) is 6.75. The Morgan fingerprint density at radius 3 is 2.50 bits per heavy atom. The third-order valence-electron chi connectivity index (χ3n) is 4.06. The first-order chi connectivity index (χ1) is 10.7. The van der Waals surface area contributed by atoms with Crippen molar-refractivity contribution in [2.45, 2.75) is 6.54 Å². The molecule has 0 N–H and O–H groups in total. The van der Waals surface area contributed by atoms with Gasteiger partial charge < -0.3 is 14.7 Å². The Kier molecular flexibility index (Phi) is 4.53. The molecule has 1 aliphatic heterocycles. The first kappa shape index (κ1) is 14.8. The summed E-state index contributed by atoms with van der Waals surface area (Å²) in [5, 5.41) is 0. The van der Waals surface area contributed by atoms with Gasteiger partial charge in [0.2, 0.25) is 5.95 Å². The molecule has 0 saturated carbocycles. The third kappa shape index (κ3) is 3.54. The minimum Gasteiger partial charge on any atom is -0.354 e. The van der Waals surface area contributed by atoms with Crippen molar-refractivity contribution in [1.29, 1.82) is 0 Å². The van der Waals surface area contributed by atoms with Crippen molar-refractivity contribution in [1.82, 2.24) is 14.9 Å². The molecule has 0 spiro atoms. The number of benzene rings is 1. The minimum absolute atomic E-state index is 0.778. The van der Waals surface area contributed by atoms with E-state index in [9.17, 15) is 0 Å². The van der Waals surface area contributed by atoms with Crippen LogP contribution >= 0.6 is 0 Å². The lowest BCUT2D eigenvalue weighted by atomic mass is 10.2. The van der Waals surface area contributed by atoms with Crippen LogP contribution in [0.15, 0.2) is 42.6 Å². The van der Waals surface area contributed by atoms with E-state index < -0.39 is 0 Å². The zero-order valence-corrected chi connectivity index (χ0v) is 13.3. The van der Waals surface area contributed by atoms with Crippen LogP contribution in [0, 0.1) is 0 Å². The molecule has 0 radical (unpaired) electrons. The van der Waals surface area contributed by atoms with Crippen molar-refractivity contribution >= 4 is 11.8 Å². The summed E-state index contributed by atoms with van der Waals surface area (Å²) in [5.74, 6) is 1.80. The molecule has 1 aliphatic rings. The summed E-state index contributed by atoms with van der Waals surface area (Å²) in [6.45, 7) is 5.02. The number of aromatic nitrogens is 2. The fourth-order valence-corrected chi connectivity index (χ4v) is 2.66. The van der Waals surface area contributed by atoms with Gasteiger partial charge in [0.15, 0.2) is 0 Å². The number of hydrogen-bond donors (Lipinski definition) is 0. The molecule has 1 fully saturated rings. The molecule has 0 aliphatic carbocycles. The maximum Gasteiger partial charge on any atom is 0.227 e. The molecule has 3 rings (SSSR count). The molecular formula is C17H23N5. The topological polar surface area (TPSA) is 35.5 Å². The van der Waals surface area contributed by atoms with Gasteiger partial charge in [-0.15, -0.1) is 0 Å². The van der Waals surface area contributed by atoms with Crippen molar-refractivity contribution in [3.63, 3.8) is 0 Å². The van der Waals surface area contributed by atoms with Crippen LogP contribution in [0.2, 0.25) is 0 Å². The van der Waals surface area contributed by atoms with E-state index in [1.807, 2.05) is 25.4 Å². The predicted molar refractivity (Wildman–Crippen MR) is 90.3 cm³/mol. The fraction of sp³-hybridized carbons (Fsp3) is 0.412. The fourth-order valence-electron chi connectivity index (χ4n) is 2.66. The first-order valence-electron chi connectivity index (χ1n) is 7.74. The number of anilines is 2. The Labute approximate surface area is 132 Å². The van der Waals surface area contributed by atoms with Crippen molar-refractivity contribution in [2.75, 3.05) is 50.1 Å². The first-order valence-corrected chi connectivity index (χ1v) is 7.74. The van der Waals surface area contributed by atoms with Gasteiger partial charge in [-0.3, -0.25) is 0 Å². The van der Waals surface area contributed by atoms with Gasteiger partial charge in [-0.1, -0.05) is 30.3 Å². The van der Waals surface area contributed by atoms with E-state index in [-0.39, 0.29) is 0 Å². The lowest BCUT2D eigenvalue weighted by Crippen LogP contribution is -2.44. The zero-order valence-electron chi connectivity index (χ0n) is 13.3. The molecule has 22 heavy (non-hydrogen) atoms. The van der Waals surface area contributed by atoms with Crippen LogP contribution in [0.3, 0.4) is 0 Å². The van der Waals surface area contributed by atoms with Crippen LogP contribution in [-0.4, -0.2) is 55.1 Å². The Balaban J connectivity index is 1.70. The summed E-state index contributed by atoms with van der Waals surface area (Å²) in [6.07, 6.45) is 1.86. The van der Waals surface area contributed by atoms with Gasteiger partial charge in [0.25, 0.3) is 0 Å². The van der Waals surface area contributed by atoms with Crippen LogP contribution in [-0.2, 0) is 6.54 Å². The third-order valence-corrected chi connectivity index (χ3v) is 4.06. The van der Waals surface area contributed by atoms with E-state index in [1.165, 1.54) is 5.56 Å². The van der Waals surface area contributed by atoms with Crippen molar-refractivity contribution < 1.29 is 0 Å². The number of likely N-dealkylation sites (N-methyl/N-ethyl adjacent to an activating group) is 1. The number of hydrogen-bond acceptors (Lipinski definition) is 5. The average molecular weight is 297 g/mol. The van der Waals surface area contributed by atoms with Crippen LogP contribution < -0.4 is 9.80 Å². The number of piperazine rings is 1. The average Bonchev–Trinajstić information content (AvgIpc) is 2.56. The van der Waals surface area contributed by atoms with Gasteiger partial charge in [0.05, 0.1) is 0 Å². The second-order valence-electron chi connectivity index (χ2n) is 5.85. The van der Waals surface area contributed by atoms with Gasteiger partial charge in [-0.2, -0.15) is 4.98 Å². The summed E-state index contributed by atoms with van der Waals surface area (Å²) < 4.78 is 0. The number of rotatable bonds is 4. The van der Waals surface area contributed by atoms with E-state index in [4.69, 9.17) is 4.98 Å². The van der Waals surface area contributed by atoms with Gasteiger partial charge in [-0.05, 0) is 18.7 Å². The summed E-state index contributed by atoms with van der Waals surface area (Å²) in [7, 11) is 4.20. The summed E-state index contributed by atoms with van der Waals surface area (Å²) in [5.41, 5.74) is 1.26. The van der Waals surface area contributed by atoms with Crippen molar-refractivity contribution in [2.24, 2.45) is 0 Å². The van der Waals surface area contributed by atoms with Crippen molar-refractivity contribution in [3.05, 3.63) is 48.2 Å². The smallest absolute Gasteiger partial charge is 0.227 e. The van der Waals surface area contributed by atoms with Crippen LogP contribution in [0.1, 0.15) is 5.56 Å². The van der Waals surface area contributed by atoms with E-state index in [0.29, 0.717) is 0 Å². The Bertz CT molecular complexity index is 593. The monoisotopic (exact) mass is 297 g/mol. The summed E-state index contributed by atoms with van der Waals surface area (Å²) in [6, 6.07) is 12.4. The molecule has 0 unspecified atom stereocenters. The minimum atomic E-state index is 0.778. The van der Waals surface area contributed by atoms with Gasteiger partial charge >= 0.3 is 0 Å². The van der Waals surface area contributed by atoms with E-state index in [2.05, 4.69) is 51.0 Å². The largest absolute Gasteiger partial charge is 0.354 e. The lowest BCUT2D eigenvalue weighted by Gasteiger charge is -2.33. The molecule has 2 heterocycles. The molecule has 0 amide bonds. The van der Waals surface area contributed by atoms with Gasteiger partial charge in [-0.25, -0.2) is 4.98 Å². The van der Waals surface area contributed by atoms with E-state index in [1.54, 1.807) is 0 Å². The molecule has 1 saturated heterocycles. The maximum absolute atomic E-state index is 4.74. The standard InChI is InChI=1S/C17H23N5/c1-20-10-12-22(13-11-20)16-8-9-18-17(19-16)21(2)14-15-6-4-3-5-7-15/h3-9H,10-14H2,1-2H3. The van der Waals surface area contributed by atoms with Crippen LogP contribution in [0.5, 0.6) is 0 Å². The van der Waals surface area contributed by atoms with Crippen LogP contribution in [0.4, 0.5) is 11.8 Å². The van der Waals surface area contributed by atoms with Crippen LogP contribution in [0.25, 0.3) is 0 Å². The Hall–Kier alpha value is -2.14. The van der Waals surface area contributed by atoms with Crippen molar-refractivity contribution in [3.8, 4) is 0 Å². The summed E-state index contributed by atoms with van der Waals surface area (Å²) >= 11 is 0. The molecular weight excluding hydrogens is 274 g/mol. The molecule has 5 heteroatoms. The number of nitrogens with zero attached hydrogens (tertiary/aromatic N) is 5. The molecule has 1 aromatic heterocycles. The molecule has 2 aromatic rings. The molecule has 116 valence electrons. The second-order valence-corrected chi connectivity index (χ2v) is 5.85. The summed E-state index contributed by atoms with van der Waals surface area (Å²) in [4.78, 5) is 15.9. The Morgan fingerprint density at radius 1 is 1.05 bits per heavy atom. The predicted octanol–water partition coefficient (Wildman–Crippen LogP) is 1.86. The highest BCUT2D eigenvalue weighted by Crippen LogP contribution is 2.17. The van der Waals surface area contributed by atoms with E-state index >= 15 is 0 Å². The van der Waals surface area contributed by atoms with E-state index in [0.717, 1.165) is 44.5 Å². The quantitative estimate of drug-likeness (QED) is 0.861. The molecule has 0 bridgehead atoms. The Morgan fingerprint density at radius 2 is 1.77 bits per heavy atom. The molecule has 0 atom stereocenters. The van der Waals surface area contributed by atoms with Gasteiger partial charge in [0, 0.05) is 46.0 Å². The zero-order chi connectivity index (χ0) is 15.4. The molecule has 5 nitrogen and oxygen atoms in total. The molecule has 1 aromatic carbocycles. The SMILES string of the molecule is CN1CCN(c2ccnc(N(C)Cc3ccccc3)n2)CC1. The normalized spacial score (nSPS) is 15.8. The van der Waals surface area contributed by atoms with Gasteiger partial charge in [0.1, 0.15) is 5.82 Å².